The number of ether oxygens (including phenoxy) is 2. The number of carbonyl (C=O) groups excluding carboxylic acids is 1. The maximum Gasteiger partial charge on any atom is 0.231 e. The highest BCUT2D eigenvalue weighted by molar-refractivity contribution is 5.76. The molecule has 0 aliphatic carbocycles. The minimum absolute atomic E-state index is 0.108. The molecule has 0 aromatic heterocycles. The van der Waals surface area contributed by atoms with Gasteiger partial charge >= 0.3 is 0 Å². The van der Waals surface area contributed by atoms with Gasteiger partial charge in [-0.2, -0.15) is 0 Å². The summed E-state index contributed by atoms with van der Waals surface area (Å²) in [6.07, 6.45) is 4.02. The molecule has 1 fully saturated rings. The van der Waals surface area contributed by atoms with Crippen molar-refractivity contribution >= 4 is 5.91 Å². The number of benzene rings is 1. The van der Waals surface area contributed by atoms with Crippen molar-refractivity contribution in [1.29, 1.82) is 0 Å². The van der Waals surface area contributed by atoms with E-state index >= 15 is 0 Å². The van der Waals surface area contributed by atoms with Gasteiger partial charge in [0.05, 0.1) is 0 Å². The van der Waals surface area contributed by atoms with Gasteiger partial charge in [-0.25, -0.2) is 0 Å². The van der Waals surface area contributed by atoms with Crippen LogP contribution < -0.4 is 20.1 Å². The van der Waals surface area contributed by atoms with Crippen LogP contribution in [0.2, 0.25) is 0 Å². The number of fused-ring (bicyclic) bond motifs is 1. The Morgan fingerprint density at radius 3 is 3.19 bits per heavy atom. The molecule has 1 unspecified atom stereocenters. The van der Waals surface area contributed by atoms with E-state index in [0.29, 0.717) is 18.9 Å². The normalized spacial score (nSPS) is 20.3. The van der Waals surface area contributed by atoms with Gasteiger partial charge < -0.3 is 20.1 Å². The molecule has 5 heteroatoms. The van der Waals surface area contributed by atoms with Gasteiger partial charge in [-0.1, -0.05) is 12.1 Å². The lowest BCUT2D eigenvalue weighted by Gasteiger charge is -2.22. The van der Waals surface area contributed by atoms with Crippen LogP contribution in [0.1, 0.15) is 31.2 Å². The van der Waals surface area contributed by atoms with Gasteiger partial charge in [-0.05, 0) is 44.3 Å². The molecule has 1 aromatic rings. The third-order valence-corrected chi connectivity index (χ3v) is 4.13. The Hall–Kier alpha value is -1.75. The topological polar surface area (TPSA) is 59.6 Å². The van der Waals surface area contributed by atoms with Crippen LogP contribution >= 0.6 is 0 Å². The number of piperidine rings is 1. The van der Waals surface area contributed by atoms with E-state index < -0.39 is 0 Å². The Balaban J connectivity index is 1.44. The summed E-state index contributed by atoms with van der Waals surface area (Å²) in [5.74, 6) is 2.27. The van der Waals surface area contributed by atoms with Crippen LogP contribution in [0.3, 0.4) is 0 Å². The van der Waals surface area contributed by atoms with Crippen molar-refractivity contribution < 1.29 is 14.3 Å². The molecule has 1 saturated heterocycles. The van der Waals surface area contributed by atoms with Crippen molar-refractivity contribution in [2.45, 2.75) is 32.2 Å². The highest BCUT2D eigenvalue weighted by Gasteiger charge is 2.18. The zero-order valence-corrected chi connectivity index (χ0v) is 12.2. The first-order chi connectivity index (χ1) is 10.3. The first-order valence-electron chi connectivity index (χ1n) is 7.68. The van der Waals surface area contributed by atoms with Gasteiger partial charge in [0.25, 0.3) is 0 Å². The van der Waals surface area contributed by atoms with Crippen LogP contribution in [0.25, 0.3) is 0 Å². The second-order valence-electron chi connectivity index (χ2n) is 5.68. The van der Waals surface area contributed by atoms with Crippen molar-refractivity contribution in [3.8, 4) is 11.5 Å². The van der Waals surface area contributed by atoms with Crippen molar-refractivity contribution in [2.24, 2.45) is 5.92 Å². The number of nitrogens with one attached hydrogen (secondary N) is 2. The smallest absolute Gasteiger partial charge is 0.231 e. The van der Waals surface area contributed by atoms with Gasteiger partial charge in [0, 0.05) is 18.5 Å². The van der Waals surface area contributed by atoms with Gasteiger partial charge in [0.2, 0.25) is 12.7 Å². The molecule has 1 atom stereocenters. The van der Waals surface area contributed by atoms with E-state index in [2.05, 4.69) is 10.6 Å². The van der Waals surface area contributed by atoms with E-state index in [9.17, 15) is 4.79 Å². The first kappa shape index (κ1) is 14.2. The lowest BCUT2D eigenvalue weighted by molar-refractivity contribution is -0.121. The fraction of sp³-hybridized carbons (Fsp3) is 0.562. The van der Waals surface area contributed by atoms with Crippen LogP contribution in [0.5, 0.6) is 11.5 Å². The SMILES string of the molecule is O=C(CCC1CCCNC1)NCc1cccc2c1OCO2. The quantitative estimate of drug-likeness (QED) is 0.868. The van der Waals surface area contributed by atoms with Crippen molar-refractivity contribution in [3.63, 3.8) is 0 Å². The molecule has 0 spiro atoms. The van der Waals surface area contributed by atoms with Crippen LogP contribution in [0.4, 0.5) is 0 Å². The monoisotopic (exact) mass is 290 g/mol. The summed E-state index contributed by atoms with van der Waals surface area (Å²) in [5.41, 5.74) is 0.970. The number of hydrogen-bond donors (Lipinski definition) is 2. The van der Waals surface area contributed by atoms with E-state index in [1.54, 1.807) is 0 Å². The van der Waals surface area contributed by atoms with Gasteiger partial charge in [-0.3, -0.25) is 4.79 Å². The molecular weight excluding hydrogens is 268 g/mol. The summed E-state index contributed by atoms with van der Waals surface area (Å²) in [7, 11) is 0. The molecule has 1 aromatic carbocycles. The predicted octanol–water partition coefficient (Wildman–Crippen LogP) is 1.81. The highest BCUT2D eigenvalue weighted by Crippen LogP contribution is 2.35. The molecule has 5 nitrogen and oxygen atoms in total. The van der Waals surface area contributed by atoms with Crippen molar-refractivity contribution in [3.05, 3.63) is 23.8 Å². The standard InChI is InChI=1S/C16H22N2O3/c19-15(7-6-12-3-2-8-17-9-12)18-10-13-4-1-5-14-16(13)21-11-20-14/h1,4-5,12,17H,2-3,6-11H2,(H,18,19). The molecule has 2 heterocycles. The second kappa shape index (κ2) is 6.80. The minimum atomic E-state index is 0.108. The molecule has 114 valence electrons. The molecule has 1 amide bonds. The first-order valence-corrected chi connectivity index (χ1v) is 7.68. The Bertz CT molecular complexity index is 498. The maximum atomic E-state index is 12.0. The number of carbonyl (C=O) groups is 1. The Kier molecular flexibility index (Phi) is 4.60. The van der Waals surface area contributed by atoms with Crippen molar-refractivity contribution in [1.82, 2.24) is 10.6 Å². The molecule has 0 bridgehead atoms. The van der Waals surface area contributed by atoms with Crippen LogP contribution in [-0.4, -0.2) is 25.8 Å². The van der Waals surface area contributed by atoms with E-state index in [4.69, 9.17) is 9.47 Å². The molecule has 2 N–H and O–H groups in total. The third kappa shape index (κ3) is 3.67. The van der Waals surface area contributed by atoms with Crippen LogP contribution in [0, 0.1) is 5.92 Å². The maximum absolute atomic E-state index is 12.0. The lowest BCUT2D eigenvalue weighted by atomic mass is 9.94. The summed E-state index contributed by atoms with van der Waals surface area (Å²) < 4.78 is 10.8. The Labute approximate surface area is 125 Å². The zero-order chi connectivity index (χ0) is 14.5. The van der Waals surface area contributed by atoms with Gasteiger partial charge in [-0.15, -0.1) is 0 Å². The molecule has 21 heavy (non-hydrogen) atoms. The summed E-state index contributed by atoms with van der Waals surface area (Å²) in [4.78, 5) is 12.0. The van der Waals surface area contributed by atoms with Crippen LogP contribution in [-0.2, 0) is 11.3 Å². The van der Waals surface area contributed by atoms with E-state index in [1.165, 1.54) is 12.8 Å². The molecule has 0 saturated carbocycles. The zero-order valence-electron chi connectivity index (χ0n) is 12.2. The number of hydrogen-bond acceptors (Lipinski definition) is 4. The predicted molar refractivity (Wildman–Crippen MR) is 79.2 cm³/mol. The summed E-state index contributed by atoms with van der Waals surface area (Å²) >= 11 is 0. The van der Waals surface area contributed by atoms with Crippen LogP contribution in [0.15, 0.2) is 18.2 Å². The largest absolute Gasteiger partial charge is 0.454 e. The average molecular weight is 290 g/mol. The molecule has 0 radical (unpaired) electrons. The molecule has 3 rings (SSSR count). The van der Waals surface area contributed by atoms with Gasteiger partial charge in [0.1, 0.15) is 0 Å². The van der Waals surface area contributed by atoms with Crippen molar-refractivity contribution in [2.75, 3.05) is 19.9 Å². The fourth-order valence-electron chi connectivity index (χ4n) is 2.92. The summed E-state index contributed by atoms with van der Waals surface area (Å²) in [5, 5.41) is 6.36. The molecular formula is C16H22N2O3. The number of amides is 1. The number of para-hydroxylation sites is 1. The second-order valence-corrected chi connectivity index (χ2v) is 5.68. The van der Waals surface area contributed by atoms with E-state index in [1.807, 2.05) is 18.2 Å². The average Bonchev–Trinajstić information content (AvgIpc) is 3.01. The lowest BCUT2D eigenvalue weighted by Crippen LogP contribution is -2.31. The Morgan fingerprint density at radius 1 is 1.38 bits per heavy atom. The van der Waals surface area contributed by atoms with E-state index in [0.717, 1.165) is 36.6 Å². The van der Waals surface area contributed by atoms with Gasteiger partial charge in [0.15, 0.2) is 11.5 Å². The highest BCUT2D eigenvalue weighted by atomic mass is 16.7. The minimum Gasteiger partial charge on any atom is -0.454 e. The Morgan fingerprint density at radius 2 is 2.33 bits per heavy atom. The van der Waals surface area contributed by atoms with E-state index in [-0.39, 0.29) is 12.7 Å². The summed E-state index contributed by atoms with van der Waals surface area (Å²) in [6, 6.07) is 5.76. The number of rotatable bonds is 5. The molecule has 2 aliphatic rings. The summed E-state index contributed by atoms with van der Waals surface area (Å²) in [6.45, 7) is 2.91. The third-order valence-electron chi connectivity index (χ3n) is 4.13. The fourth-order valence-corrected chi connectivity index (χ4v) is 2.92. The molecule has 2 aliphatic heterocycles.